The maximum absolute atomic E-state index is 12.4. The molecule has 6 nitrogen and oxygen atoms in total. The molecule has 0 aromatic rings. The fraction of sp³-hybridized carbons (Fsp3) is 0.906. The van der Waals surface area contributed by atoms with Crippen LogP contribution in [0.25, 0.3) is 0 Å². The van der Waals surface area contributed by atoms with Crippen molar-refractivity contribution in [3.63, 3.8) is 0 Å². The standard InChI is InChI=1S/C64H123NO5/c1-3-5-7-9-11-13-14-15-31-35-38-42-46-50-54-58-64(69)70-59-55-51-47-43-39-36-33-30-28-26-24-22-20-18-16-17-19-21-23-25-27-29-32-34-37-41-45-49-53-57-63(68)65-61(60-66)62(67)56-52-48-44-40-12-10-8-6-4-2/h16,18,52,56,61-62,66-67H,3-15,17,19-51,53-55,57-60H2,1-2H3,(H,65,68)/b18-16-,56-52+. The topological polar surface area (TPSA) is 95.9 Å². The molecule has 0 aliphatic carbocycles. The van der Waals surface area contributed by atoms with Gasteiger partial charge in [0.05, 0.1) is 25.4 Å². The maximum Gasteiger partial charge on any atom is 0.305 e. The predicted octanol–water partition coefficient (Wildman–Crippen LogP) is 19.8. The number of allylic oxidation sites excluding steroid dienone is 3. The molecule has 0 rings (SSSR count). The molecule has 0 heterocycles. The Labute approximate surface area is 437 Å². The molecule has 0 bridgehead atoms. The van der Waals surface area contributed by atoms with Gasteiger partial charge in [-0.15, -0.1) is 0 Å². The third-order valence-electron chi connectivity index (χ3n) is 14.7. The SMILES string of the molecule is CCCCCCCCC/C=C/C(O)C(CO)NC(=O)CCCCCCCCCCCCCCC/C=C\CCCCCCCCCCCCCCOC(=O)CCCCCCCCCCCCCCCCC. The van der Waals surface area contributed by atoms with E-state index in [0.717, 1.165) is 38.5 Å². The minimum atomic E-state index is -0.841. The number of carbonyl (C=O) groups is 2. The number of unbranched alkanes of at least 4 members (excludes halogenated alkanes) is 46. The number of amides is 1. The molecule has 0 aromatic heterocycles. The van der Waals surface area contributed by atoms with Crippen molar-refractivity contribution in [3.05, 3.63) is 24.3 Å². The summed E-state index contributed by atoms with van der Waals surface area (Å²) in [6.07, 6.45) is 73.9. The van der Waals surface area contributed by atoms with Crippen LogP contribution in [0, 0.1) is 0 Å². The Kier molecular flexibility index (Phi) is 58.5. The highest BCUT2D eigenvalue weighted by Crippen LogP contribution is 2.17. The fourth-order valence-corrected chi connectivity index (χ4v) is 9.87. The summed E-state index contributed by atoms with van der Waals surface area (Å²) in [5.41, 5.74) is 0. The van der Waals surface area contributed by atoms with Gasteiger partial charge in [-0.3, -0.25) is 9.59 Å². The number of nitrogens with one attached hydrogen (secondary N) is 1. The molecule has 0 radical (unpaired) electrons. The van der Waals surface area contributed by atoms with Gasteiger partial charge in [0.25, 0.3) is 0 Å². The van der Waals surface area contributed by atoms with Crippen molar-refractivity contribution in [1.82, 2.24) is 5.32 Å². The molecule has 414 valence electrons. The lowest BCUT2D eigenvalue weighted by molar-refractivity contribution is -0.143. The quantitative estimate of drug-likeness (QED) is 0.0321. The van der Waals surface area contributed by atoms with E-state index in [1.54, 1.807) is 6.08 Å². The Hall–Kier alpha value is -1.66. The number of hydrogen-bond donors (Lipinski definition) is 3. The van der Waals surface area contributed by atoms with Gasteiger partial charge in [-0.05, 0) is 57.8 Å². The Morgan fingerprint density at radius 2 is 0.671 bits per heavy atom. The first-order valence-electron chi connectivity index (χ1n) is 31.6. The van der Waals surface area contributed by atoms with Crippen molar-refractivity contribution in [2.45, 2.75) is 360 Å². The van der Waals surface area contributed by atoms with Crippen LogP contribution in [-0.4, -0.2) is 47.4 Å². The molecule has 0 fully saturated rings. The zero-order valence-electron chi connectivity index (χ0n) is 47.3. The van der Waals surface area contributed by atoms with E-state index in [1.165, 1.54) is 283 Å². The maximum atomic E-state index is 12.4. The largest absolute Gasteiger partial charge is 0.466 e. The number of aliphatic hydroxyl groups is 2. The normalized spacial score (nSPS) is 12.7. The number of aliphatic hydroxyl groups excluding tert-OH is 2. The van der Waals surface area contributed by atoms with Gasteiger partial charge in [0, 0.05) is 12.8 Å². The van der Waals surface area contributed by atoms with Crippen molar-refractivity contribution in [1.29, 1.82) is 0 Å². The highest BCUT2D eigenvalue weighted by molar-refractivity contribution is 5.76. The van der Waals surface area contributed by atoms with E-state index < -0.39 is 12.1 Å². The highest BCUT2D eigenvalue weighted by Gasteiger charge is 2.18. The van der Waals surface area contributed by atoms with Gasteiger partial charge >= 0.3 is 5.97 Å². The summed E-state index contributed by atoms with van der Waals surface area (Å²) in [7, 11) is 0. The van der Waals surface area contributed by atoms with Crippen molar-refractivity contribution in [3.8, 4) is 0 Å². The summed E-state index contributed by atoms with van der Waals surface area (Å²) in [6, 6.07) is -0.624. The Balaban J connectivity index is 3.34. The molecule has 6 heteroatoms. The monoisotopic (exact) mass is 986 g/mol. The van der Waals surface area contributed by atoms with Gasteiger partial charge in [0.1, 0.15) is 0 Å². The first-order chi connectivity index (χ1) is 34.5. The van der Waals surface area contributed by atoms with E-state index in [4.69, 9.17) is 4.74 Å². The number of rotatable bonds is 59. The third kappa shape index (κ3) is 55.7. The molecular weight excluding hydrogens is 863 g/mol. The number of ether oxygens (including phenoxy) is 1. The van der Waals surface area contributed by atoms with Crippen LogP contribution in [0.15, 0.2) is 24.3 Å². The number of hydrogen-bond acceptors (Lipinski definition) is 5. The first kappa shape index (κ1) is 68.3. The van der Waals surface area contributed by atoms with Crippen molar-refractivity contribution >= 4 is 11.9 Å². The predicted molar refractivity (Wildman–Crippen MR) is 306 cm³/mol. The van der Waals surface area contributed by atoms with Crippen LogP contribution in [0.4, 0.5) is 0 Å². The Morgan fingerprint density at radius 1 is 0.386 bits per heavy atom. The molecule has 1 amide bonds. The lowest BCUT2D eigenvalue weighted by Crippen LogP contribution is -2.45. The molecule has 0 aliphatic rings. The van der Waals surface area contributed by atoms with Crippen LogP contribution in [0.2, 0.25) is 0 Å². The Morgan fingerprint density at radius 3 is 1.01 bits per heavy atom. The molecule has 0 saturated heterocycles. The first-order valence-corrected chi connectivity index (χ1v) is 31.6. The smallest absolute Gasteiger partial charge is 0.305 e. The molecule has 0 spiro atoms. The third-order valence-corrected chi connectivity index (χ3v) is 14.7. The molecule has 2 unspecified atom stereocenters. The van der Waals surface area contributed by atoms with E-state index in [1.807, 2.05) is 6.08 Å². The second-order valence-corrected chi connectivity index (χ2v) is 21.7. The lowest BCUT2D eigenvalue weighted by atomic mass is 10.0. The van der Waals surface area contributed by atoms with Crippen LogP contribution >= 0.6 is 0 Å². The van der Waals surface area contributed by atoms with Crippen LogP contribution in [-0.2, 0) is 14.3 Å². The molecule has 0 aliphatic heterocycles. The minimum absolute atomic E-state index is 0.0192. The van der Waals surface area contributed by atoms with Gasteiger partial charge < -0.3 is 20.3 Å². The van der Waals surface area contributed by atoms with Crippen LogP contribution in [0.3, 0.4) is 0 Å². The summed E-state index contributed by atoms with van der Waals surface area (Å²) in [5, 5.41) is 22.9. The average Bonchev–Trinajstić information content (AvgIpc) is 3.36. The van der Waals surface area contributed by atoms with E-state index >= 15 is 0 Å². The molecule has 0 aromatic carbocycles. The number of carbonyl (C=O) groups excluding carboxylic acids is 2. The highest BCUT2D eigenvalue weighted by atomic mass is 16.5. The second kappa shape index (κ2) is 59.9. The Bertz CT molecular complexity index is 1090. The second-order valence-electron chi connectivity index (χ2n) is 21.7. The van der Waals surface area contributed by atoms with Gasteiger partial charge in [-0.25, -0.2) is 0 Å². The van der Waals surface area contributed by atoms with Crippen molar-refractivity contribution in [2.75, 3.05) is 13.2 Å². The zero-order valence-corrected chi connectivity index (χ0v) is 47.3. The fourth-order valence-electron chi connectivity index (χ4n) is 9.87. The average molecular weight is 987 g/mol. The molecule has 70 heavy (non-hydrogen) atoms. The molecular formula is C64H123NO5. The van der Waals surface area contributed by atoms with Crippen LogP contribution < -0.4 is 5.32 Å². The van der Waals surface area contributed by atoms with Gasteiger partial charge in [0.15, 0.2) is 0 Å². The van der Waals surface area contributed by atoms with Crippen molar-refractivity contribution in [2.24, 2.45) is 0 Å². The van der Waals surface area contributed by atoms with E-state index in [2.05, 4.69) is 31.3 Å². The molecule has 0 saturated carbocycles. The van der Waals surface area contributed by atoms with E-state index in [0.29, 0.717) is 19.4 Å². The molecule has 2 atom stereocenters. The van der Waals surface area contributed by atoms with E-state index in [-0.39, 0.29) is 18.5 Å². The summed E-state index contributed by atoms with van der Waals surface area (Å²) < 4.78 is 5.49. The summed E-state index contributed by atoms with van der Waals surface area (Å²) in [5.74, 6) is -0.0497. The minimum Gasteiger partial charge on any atom is -0.466 e. The van der Waals surface area contributed by atoms with Crippen molar-refractivity contribution < 1.29 is 24.5 Å². The summed E-state index contributed by atoms with van der Waals surface area (Å²) in [6.45, 7) is 4.90. The summed E-state index contributed by atoms with van der Waals surface area (Å²) >= 11 is 0. The number of esters is 1. The van der Waals surface area contributed by atoms with E-state index in [9.17, 15) is 19.8 Å². The molecule has 3 N–H and O–H groups in total. The van der Waals surface area contributed by atoms with Gasteiger partial charge in [-0.1, -0.05) is 301 Å². The lowest BCUT2D eigenvalue weighted by Gasteiger charge is -2.20. The van der Waals surface area contributed by atoms with Crippen LogP contribution in [0.5, 0.6) is 0 Å². The van der Waals surface area contributed by atoms with Gasteiger partial charge in [0.2, 0.25) is 5.91 Å². The zero-order chi connectivity index (χ0) is 50.7. The van der Waals surface area contributed by atoms with Crippen LogP contribution in [0.1, 0.15) is 348 Å². The summed E-state index contributed by atoms with van der Waals surface area (Å²) in [4.78, 5) is 24.5. The van der Waals surface area contributed by atoms with Gasteiger partial charge in [-0.2, -0.15) is 0 Å².